The average Bonchev–Trinajstić information content (AvgIpc) is 2.62. The third-order valence-corrected chi connectivity index (χ3v) is 4.65. The molecule has 1 rings (SSSR count). The monoisotopic (exact) mass is 384 g/mol. The Morgan fingerprint density at radius 2 is 1.96 bits per heavy atom. The van der Waals surface area contributed by atoms with Gasteiger partial charge in [0.1, 0.15) is 10.6 Å². The number of carbonyl (C=O) groups is 2. The van der Waals surface area contributed by atoms with E-state index in [1.165, 1.54) is 32.4 Å². The standard InChI is InChI=1S/C17H24N2O6S/c1-12(2)10-19-16(20)11-25-17(21)8-6-13-5-7-14(24-4)15(9-13)26(22,23)18-3/h5-9,12,18H,10-11H2,1-4H3,(H,19,20)/b8-6+. The highest BCUT2D eigenvalue weighted by Gasteiger charge is 2.17. The molecule has 0 heterocycles. The van der Waals surface area contributed by atoms with E-state index < -0.39 is 16.0 Å². The second kappa shape index (κ2) is 9.93. The average molecular weight is 384 g/mol. The van der Waals surface area contributed by atoms with Gasteiger partial charge in [-0.05, 0) is 36.7 Å². The maximum absolute atomic E-state index is 12.0. The number of esters is 1. The van der Waals surface area contributed by atoms with Gasteiger partial charge < -0.3 is 14.8 Å². The minimum atomic E-state index is -3.71. The molecule has 1 amide bonds. The fourth-order valence-corrected chi connectivity index (χ4v) is 2.76. The minimum absolute atomic E-state index is 0.0499. The van der Waals surface area contributed by atoms with Crippen molar-refractivity contribution in [2.75, 3.05) is 27.3 Å². The number of amides is 1. The van der Waals surface area contributed by atoms with E-state index in [0.717, 1.165) is 6.08 Å². The summed E-state index contributed by atoms with van der Waals surface area (Å²) >= 11 is 0. The third-order valence-electron chi connectivity index (χ3n) is 3.21. The Morgan fingerprint density at radius 1 is 1.27 bits per heavy atom. The van der Waals surface area contributed by atoms with Crippen LogP contribution in [0.1, 0.15) is 19.4 Å². The number of carbonyl (C=O) groups excluding carboxylic acids is 2. The summed E-state index contributed by atoms with van der Waals surface area (Å²) in [7, 11) is -1.06. The molecule has 0 saturated heterocycles. The zero-order valence-electron chi connectivity index (χ0n) is 15.2. The van der Waals surface area contributed by atoms with E-state index in [-0.39, 0.29) is 23.2 Å². The van der Waals surface area contributed by atoms with Crippen LogP contribution in [0.4, 0.5) is 0 Å². The first-order valence-electron chi connectivity index (χ1n) is 7.92. The maximum atomic E-state index is 12.0. The molecule has 0 saturated carbocycles. The number of methoxy groups -OCH3 is 1. The van der Waals surface area contributed by atoms with E-state index in [4.69, 9.17) is 9.47 Å². The lowest BCUT2D eigenvalue weighted by Crippen LogP contribution is -2.31. The van der Waals surface area contributed by atoms with Gasteiger partial charge >= 0.3 is 5.97 Å². The van der Waals surface area contributed by atoms with Gasteiger partial charge in [0.25, 0.3) is 5.91 Å². The van der Waals surface area contributed by atoms with E-state index in [1.54, 1.807) is 6.07 Å². The van der Waals surface area contributed by atoms with Crippen molar-refractivity contribution in [3.8, 4) is 5.75 Å². The van der Waals surface area contributed by atoms with E-state index >= 15 is 0 Å². The Morgan fingerprint density at radius 3 is 2.54 bits per heavy atom. The van der Waals surface area contributed by atoms with Crippen LogP contribution >= 0.6 is 0 Å². The Balaban J connectivity index is 2.75. The predicted molar refractivity (Wildman–Crippen MR) is 97.1 cm³/mol. The largest absolute Gasteiger partial charge is 0.495 e. The van der Waals surface area contributed by atoms with Crippen LogP contribution < -0.4 is 14.8 Å². The first-order valence-corrected chi connectivity index (χ1v) is 9.41. The molecule has 0 bridgehead atoms. The van der Waals surface area contributed by atoms with Gasteiger partial charge in [0.15, 0.2) is 6.61 Å². The number of hydrogen-bond donors (Lipinski definition) is 2. The highest BCUT2D eigenvalue weighted by Crippen LogP contribution is 2.25. The molecule has 0 aromatic heterocycles. The number of benzene rings is 1. The molecule has 144 valence electrons. The molecule has 0 aliphatic rings. The van der Waals surface area contributed by atoms with Gasteiger partial charge in [-0.1, -0.05) is 19.9 Å². The molecule has 0 radical (unpaired) electrons. The van der Waals surface area contributed by atoms with Crippen molar-refractivity contribution in [1.29, 1.82) is 0 Å². The molecule has 2 N–H and O–H groups in total. The molecule has 1 aromatic rings. The van der Waals surface area contributed by atoms with Gasteiger partial charge in [-0.2, -0.15) is 0 Å². The van der Waals surface area contributed by atoms with Crippen LogP contribution in [-0.4, -0.2) is 47.6 Å². The third kappa shape index (κ3) is 6.85. The molecule has 0 spiro atoms. The lowest BCUT2D eigenvalue weighted by atomic mass is 10.2. The van der Waals surface area contributed by atoms with Crippen LogP contribution in [0.2, 0.25) is 0 Å². The maximum Gasteiger partial charge on any atom is 0.331 e. The number of nitrogens with one attached hydrogen (secondary N) is 2. The Labute approximate surface area is 153 Å². The van der Waals surface area contributed by atoms with Crippen molar-refractivity contribution in [2.24, 2.45) is 5.92 Å². The van der Waals surface area contributed by atoms with Crippen LogP contribution in [0, 0.1) is 5.92 Å². The van der Waals surface area contributed by atoms with Crippen LogP contribution in [-0.2, 0) is 24.3 Å². The number of ether oxygens (including phenoxy) is 2. The predicted octanol–water partition coefficient (Wildman–Crippen LogP) is 0.932. The first-order chi connectivity index (χ1) is 12.2. The van der Waals surface area contributed by atoms with E-state index in [9.17, 15) is 18.0 Å². The molecule has 9 heteroatoms. The van der Waals surface area contributed by atoms with Crippen molar-refractivity contribution in [3.63, 3.8) is 0 Å². The van der Waals surface area contributed by atoms with Crippen molar-refractivity contribution in [1.82, 2.24) is 10.0 Å². The molecule has 1 aromatic carbocycles. The number of hydrogen-bond acceptors (Lipinski definition) is 6. The van der Waals surface area contributed by atoms with Crippen LogP contribution in [0.15, 0.2) is 29.2 Å². The number of rotatable bonds is 9. The van der Waals surface area contributed by atoms with E-state index in [1.807, 2.05) is 13.8 Å². The molecule has 0 aliphatic heterocycles. The normalized spacial score (nSPS) is 11.6. The second-order valence-corrected chi connectivity index (χ2v) is 7.61. The SMILES string of the molecule is CNS(=O)(=O)c1cc(/C=C/C(=O)OCC(=O)NCC(C)C)ccc1OC. The van der Waals surface area contributed by atoms with E-state index in [2.05, 4.69) is 10.0 Å². The smallest absolute Gasteiger partial charge is 0.331 e. The Kier molecular flexibility index (Phi) is 8.27. The quantitative estimate of drug-likeness (QED) is 0.484. The van der Waals surface area contributed by atoms with Crippen molar-refractivity contribution in [2.45, 2.75) is 18.7 Å². The van der Waals surface area contributed by atoms with Crippen LogP contribution in [0.3, 0.4) is 0 Å². The van der Waals surface area contributed by atoms with Crippen molar-refractivity contribution < 1.29 is 27.5 Å². The van der Waals surface area contributed by atoms with Gasteiger partial charge in [0, 0.05) is 12.6 Å². The fraction of sp³-hybridized carbons (Fsp3) is 0.412. The van der Waals surface area contributed by atoms with Gasteiger partial charge in [0.2, 0.25) is 10.0 Å². The molecule has 0 atom stereocenters. The summed E-state index contributed by atoms with van der Waals surface area (Å²) < 4.78 is 36.1. The highest BCUT2D eigenvalue weighted by atomic mass is 32.2. The molecule has 0 fully saturated rings. The topological polar surface area (TPSA) is 111 Å². The molecular weight excluding hydrogens is 360 g/mol. The summed E-state index contributed by atoms with van der Waals surface area (Å²) in [4.78, 5) is 23.1. The van der Waals surface area contributed by atoms with Gasteiger partial charge in [-0.3, -0.25) is 4.79 Å². The summed E-state index contributed by atoms with van der Waals surface area (Å²) in [5, 5.41) is 2.63. The first kappa shape index (κ1) is 21.7. The summed E-state index contributed by atoms with van der Waals surface area (Å²) in [6, 6.07) is 4.44. The fourth-order valence-electron chi connectivity index (χ4n) is 1.83. The van der Waals surface area contributed by atoms with Gasteiger partial charge in [-0.15, -0.1) is 0 Å². The molecule has 0 aliphatic carbocycles. The Hall–Kier alpha value is -2.39. The summed E-state index contributed by atoms with van der Waals surface area (Å²) in [5.74, 6) is -0.612. The molecule has 0 unspecified atom stereocenters. The molecule has 26 heavy (non-hydrogen) atoms. The summed E-state index contributed by atoms with van der Waals surface area (Å²) in [6.45, 7) is 4.03. The van der Waals surface area contributed by atoms with Crippen LogP contribution in [0.5, 0.6) is 5.75 Å². The number of sulfonamides is 1. The van der Waals surface area contributed by atoms with Gasteiger partial charge in [0.05, 0.1) is 7.11 Å². The van der Waals surface area contributed by atoms with E-state index in [0.29, 0.717) is 18.0 Å². The highest BCUT2D eigenvalue weighted by molar-refractivity contribution is 7.89. The minimum Gasteiger partial charge on any atom is -0.495 e. The molecular formula is C17H24N2O6S. The lowest BCUT2D eigenvalue weighted by molar-refractivity contribution is -0.143. The summed E-state index contributed by atoms with van der Waals surface area (Å²) in [6.07, 6.45) is 2.51. The zero-order chi connectivity index (χ0) is 19.7. The lowest BCUT2D eigenvalue weighted by Gasteiger charge is -2.09. The van der Waals surface area contributed by atoms with Gasteiger partial charge in [-0.25, -0.2) is 17.9 Å². The molecule has 8 nitrogen and oxygen atoms in total. The van der Waals surface area contributed by atoms with Crippen molar-refractivity contribution >= 4 is 28.0 Å². The van der Waals surface area contributed by atoms with Crippen LogP contribution in [0.25, 0.3) is 6.08 Å². The van der Waals surface area contributed by atoms with Crippen molar-refractivity contribution in [3.05, 3.63) is 29.8 Å². The Bertz CT molecular complexity index is 771. The zero-order valence-corrected chi connectivity index (χ0v) is 16.1. The second-order valence-electron chi connectivity index (χ2n) is 5.76. The summed E-state index contributed by atoms with van der Waals surface area (Å²) in [5.41, 5.74) is 0.459.